The van der Waals surface area contributed by atoms with Crippen LogP contribution in [0.3, 0.4) is 0 Å². The maximum Gasteiger partial charge on any atom is 0.309 e. The summed E-state index contributed by atoms with van der Waals surface area (Å²) in [5.41, 5.74) is 1.52. The number of benzene rings is 3. The highest BCUT2D eigenvalue weighted by Gasteiger charge is 2.16. The van der Waals surface area contributed by atoms with Crippen LogP contribution in [0.5, 0.6) is 5.75 Å². The molecule has 3 aromatic rings. The second-order valence-electron chi connectivity index (χ2n) is 6.33. The van der Waals surface area contributed by atoms with Gasteiger partial charge < -0.3 is 20.5 Å². The summed E-state index contributed by atoms with van der Waals surface area (Å²) in [6.07, 6.45) is -0.916. The highest BCUT2D eigenvalue weighted by molar-refractivity contribution is 6.35. The van der Waals surface area contributed by atoms with Crippen molar-refractivity contribution in [2.75, 3.05) is 13.7 Å². The highest BCUT2D eigenvalue weighted by Crippen LogP contribution is 2.23. The number of fused-ring (bicyclic) bond motifs is 1. The van der Waals surface area contributed by atoms with Gasteiger partial charge in [0.25, 0.3) is 0 Å². The molecule has 0 fully saturated rings. The Morgan fingerprint density at radius 3 is 2.50 bits per heavy atom. The van der Waals surface area contributed by atoms with Crippen LogP contribution in [0, 0.1) is 0 Å². The van der Waals surface area contributed by atoms with Crippen LogP contribution in [0.15, 0.2) is 66.7 Å². The van der Waals surface area contributed by atoms with Gasteiger partial charge in [0, 0.05) is 13.1 Å². The Morgan fingerprint density at radius 1 is 0.964 bits per heavy atom. The molecule has 0 saturated heterocycles. The molecule has 0 heterocycles. The molecule has 1 atom stereocenters. The molecule has 2 amide bonds. The molecular weight excluding hydrogens is 356 g/mol. The first-order valence-corrected chi connectivity index (χ1v) is 8.93. The van der Waals surface area contributed by atoms with Crippen LogP contribution in [0.2, 0.25) is 0 Å². The van der Waals surface area contributed by atoms with E-state index in [9.17, 15) is 14.7 Å². The number of methoxy groups -OCH3 is 1. The summed E-state index contributed by atoms with van der Waals surface area (Å²) in [5.74, 6) is -0.871. The number of amides is 2. The van der Waals surface area contributed by atoms with Gasteiger partial charge >= 0.3 is 11.8 Å². The second-order valence-corrected chi connectivity index (χ2v) is 6.33. The highest BCUT2D eigenvalue weighted by atomic mass is 16.5. The number of rotatable bonds is 6. The van der Waals surface area contributed by atoms with Crippen molar-refractivity contribution in [2.45, 2.75) is 12.6 Å². The molecule has 0 aliphatic rings. The van der Waals surface area contributed by atoms with Crippen molar-refractivity contribution in [3.63, 3.8) is 0 Å². The molecule has 1 unspecified atom stereocenters. The Morgan fingerprint density at radius 2 is 1.68 bits per heavy atom. The van der Waals surface area contributed by atoms with Crippen LogP contribution in [-0.4, -0.2) is 30.6 Å². The molecule has 0 spiro atoms. The fourth-order valence-electron chi connectivity index (χ4n) is 2.97. The van der Waals surface area contributed by atoms with Gasteiger partial charge in [-0.2, -0.15) is 0 Å². The van der Waals surface area contributed by atoms with Crippen LogP contribution in [-0.2, 0) is 16.1 Å². The van der Waals surface area contributed by atoms with Crippen molar-refractivity contribution < 1.29 is 19.4 Å². The average molecular weight is 378 g/mol. The Bertz CT molecular complexity index is 982. The molecule has 144 valence electrons. The molecule has 3 rings (SSSR count). The minimum Gasteiger partial charge on any atom is -0.497 e. The van der Waals surface area contributed by atoms with Crippen LogP contribution in [0.4, 0.5) is 0 Å². The standard InChI is InChI=1S/C22H22N2O4/c1-28-17-9-4-6-15(12-17)13-23-21(26)22(27)24-14-20(25)19-11-5-8-16-7-2-3-10-18(16)19/h2-12,20,25H,13-14H2,1H3,(H,23,26)(H,24,27). The topological polar surface area (TPSA) is 87.7 Å². The van der Waals surface area contributed by atoms with Gasteiger partial charge in [0.15, 0.2) is 0 Å². The molecule has 28 heavy (non-hydrogen) atoms. The SMILES string of the molecule is COc1cccc(CNC(=O)C(=O)NCC(O)c2cccc3ccccc23)c1. The third-order valence-electron chi connectivity index (χ3n) is 4.43. The largest absolute Gasteiger partial charge is 0.497 e. The lowest BCUT2D eigenvalue weighted by Gasteiger charge is -2.14. The third-order valence-corrected chi connectivity index (χ3v) is 4.43. The summed E-state index contributed by atoms with van der Waals surface area (Å²) in [5, 5.41) is 17.4. The molecule has 0 radical (unpaired) electrons. The van der Waals surface area contributed by atoms with E-state index in [0.29, 0.717) is 11.3 Å². The molecule has 3 aromatic carbocycles. The molecular formula is C22H22N2O4. The van der Waals surface area contributed by atoms with Gasteiger partial charge in [0.1, 0.15) is 5.75 Å². The number of ether oxygens (including phenoxy) is 1. The Hall–Kier alpha value is -3.38. The number of hydrogen-bond acceptors (Lipinski definition) is 4. The van der Waals surface area contributed by atoms with E-state index >= 15 is 0 Å². The first-order valence-electron chi connectivity index (χ1n) is 8.93. The van der Waals surface area contributed by atoms with Gasteiger partial charge in [-0.05, 0) is 34.0 Å². The predicted molar refractivity (Wildman–Crippen MR) is 107 cm³/mol. The van der Waals surface area contributed by atoms with E-state index in [4.69, 9.17) is 4.74 Å². The maximum atomic E-state index is 12.0. The first-order chi connectivity index (χ1) is 13.6. The Kier molecular flexibility index (Phi) is 6.24. The van der Waals surface area contributed by atoms with Crippen LogP contribution in [0.25, 0.3) is 10.8 Å². The fourth-order valence-corrected chi connectivity index (χ4v) is 2.97. The monoisotopic (exact) mass is 378 g/mol. The van der Waals surface area contributed by atoms with Crippen molar-refractivity contribution in [1.29, 1.82) is 0 Å². The fraction of sp³-hybridized carbons (Fsp3) is 0.182. The quantitative estimate of drug-likeness (QED) is 0.575. The lowest BCUT2D eigenvalue weighted by atomic mass is 10.0. The second kappa shape index (κ2) is 9.01. The summed E-state index contributed by atoms with van der Waals surface area (Å²) < 4.78 is 5.13. The van der Waals surface area contributed by atoms with Gasteiger partial charge in [-0.3, -0.25) is 9.59 Å². The van der Waals surface area contributed by atoms with Gasteiger partial charge in [0.05, 0.1) is 13.2 Å². The van der Waals surface area contributed by atoms with Crippen LogP contribution < -0.4 is 15.4 Å². The molecule has 3 N–H and O–H groups in total. The van der Waals surface area contributed by atoms with Crippen molar-refractivity contribution in [3.8, 4) is 5.75 Å². The Labute approximate surface area is 163 Å². The molecule has 0 saturated carbocycles. The summed E-state index contributed by atoms with van der Waals surface area (Å²) >= 11 is 0. The first kappa shape index (κ1) is 19.4. The van der Waals surface area contributed by atoms with E-state index < -0.39 is 17.9 Å². The smallest absolute Gasteiger partial charge is 0.309 e. The zero-order valence-electron chi connectivity index (χ0n) is 15.5. The lowest BCUT2D eigenvalue weighted by Crippen LogP contribution is -2.41. The van der Waals surface area contributed by atoms with Crippen molar-refractivity contribution in [3.05, 3.63) is 77.9 Å². The average Bonchev–Trinajstić information content (AvgIpc) is 2.75. The van der Waals surface area contributed by atoms with Crippen LogP contribution in [0.1, 0.15) is 17.2 Å². The molecule has 6 nitrogen and oxygen atoms in total. The number of carbonyl (C=O) groups excluding carboxylic acids is 2. The van der Waals surface area contributed by atoms with Crippen molar-refractivity contribution >= 4 is 22.6 Å². The maximum absolute atomic E-state index is 12.0. The minimum atomic E-state index is -0.916. The zero-order valence-corrected chi connectivity index (χ0v) is 15.5. The van der Waals surface area contributed by atoms with Gasteiger partial charge in [-0.1, -0.05) is 54.6 Å². The molecule has 0 aliphatic carbocycles. The summed E-state index contributed by atoms with van der Waals surface area (Å²) in [7, 11) is 1.56. The molecule has 6 heteroatoms. The summed E-state index contributed by atoms with van der Waals surface area (Å²) in [6, 6.07) is 20.5. The summed E-state index contributed by atoms with van der Waals surface area (Å²) in [4.78, 5) is 24.0. The number of hydrogen-bond donors (Lipinski definition) is 3. The van der Waals surface area contributed by atoms with E-state index in [1.807, 2.05) is 48.5 Å². The van der Waals surface area contributed by atoms with E-state index in [-0.39, 0.29) is 13.1 Å². The van der Waals surface area contributed by atoms with Crippen molar-refractivity contribution in [1.82, 2.24) is 10.6 Å². The molecule has 0 aliphatic heterocycles. The van der Waals surface area contributed by atoms with Gasteiger partial charge in [-0.25, -0.2) is 0 Å². The van der Waals surface area contributed by atoms with Gasteiger partial charge in [0.2, 0.25) is 0 Å². The van der Waals surface area contributed by atoms with Gasteiger partial charge in [-0.15, -0.1) is 0 Å². The zero-order chi connectivity index (χ0) is 19.9. The van der Waals surface area contributed by atoms with E-state index in [2.05, 4.69) is 10.6 Å². The molecule has 0 bridgehead atoms. The predicted octanol–water partition coefficient (Wildman–Crippen LogP) is 2.31. The Balaban J connectivity index is 1.54. The van der Waals surface area contributed by atoms with E-state index in [1.54, 1.807) is 25.3 Å². The summed E-state index contributed by atoms with van der Waals surface area (Å²) in [6.45, 7) is 0.148. The minimum absolute atomic E-state index is 0.0561. The third kappa shape index (κ3) is 4.66. The normalized spacial score (nSPS) is 11.6. The number of aliphatic hydroxyl groups is 1. The number of aliphatic hydroxyl groups excluding tert-OH is 1. The molecule has 0 aromatic heterocycles. The van der Waals surface area contributed by atoms with Crippen LogP contribution >= 0.6 is 0 Å². The lowest BCUT2D eigenvalue weighted by molar-refractivity contribution is -0.139. The number of nitrogens with one attached hydrogen (secondary N) is 2. The number of carbonyl (C=O) groups is 2. The van der Waals surface area contributed by atoms with Crippen molar-refractivity contribution in [2.24, 2.45) is 0 Å². The van der Waals surface area contributed by atoms with E-state index in [0.717, 1.165) is 16.3 Å². The van der Waals surface area contributed by atoms with E-state index in [1.165, 1.54) is 0 Å².